The minimum Gasteiger partial charge on any atom is -0.384 e. The molecule has 0 atom stereocenters. The molecule has 1 heterocycles. The third-order valence-corrected chi connectivity index (χ3v) is 3.96. The fraction of sp³-hybridized carbons (Fsp3) is 0.133. The Kier molecular flexibility index (Phi) is 5.34. The lowest BCUT2D eigenvalue weighted by atomic mass is 10.1. The molecule has 0 radical (unpaired) electrons. The van der Waals surface area contributed by atoms with Gasteiger partial charge in [-0.1, -0.05) is 23.4 Å². The van der Waals surface area contributed by atoms with Crippen molar-refractivity contribution in [2.75, 3.05) is 6.61 Å². The van der Waals surface area contributed by atoms with Crippen LogP contribution in [0.4, 0.5) is 4.39 Å². The quantitative estimate of drug-likeness (QED) is 0.853. The molecule has 1 aromatic carbocycles. The fourth-order valence-corrected chi connectivity index (χ4v) is 2.70. The van der Waals surface area contributed by atoms with E-state index in [4.69, 9.17) is 16.7 Å². The molecule has 0 bridgehead atoms. The first-order chi connectivity index (χ1) is 10.1. The van der Waals surface area contributed by atoms with Crippen LogP contribution in [-0.4, -0.2) is 17.6 Å². The highest BCUT2D eigenvalue weighted by atomic mass is 35.5. The standard InChI is InChI=1S/C15H11ClFNO2S/c16-12-5-7-21-14(12)15(20)18-9-11-8-10(2-1-6-19)3-4-13(11)17/h3-5,7-8,19H,6,9H2,(H,18,20). The van der Waals surface area contributed by atoms with E-state index in [-0.39, 0.29) is 19.1 Å². The maximum absolute atomic E-state index is 13.7. The second kappa shape index (κ2) is 7.23. The van der Waals surface area contributed by atoms with Crippen molar-refractivity contribution in [3.63, 3.8) is 0 Å². The number of carbonyl (C=O) groups is 1. The predicted octanol–water partition coefficient (Wildman–Crippen LogP) is 2.81. The minimum atomic E-state index is -0.429. The van der Waals surface area contributed by atoms with Gasteiger partial charge in [-0.25, -0.2) is 4.39 Å². The molecule has 0 aliphatic rings. The average Bonchev–Trinajstić information content (AvgIpc) is 2.91. The van der Waals surface area contributed by atoms with Gasteiger partial charge in [0, 0.05) is 17.7 Å². The van der Waals surface area contributed by atoms with Gasteiger partial charge in [0.15, 0.2) is 0 Å². The first-order valence-electron chi connectivity index (χ1n) is 6.01. The third kappa shape index (κ3) is 4.05. The van der Waals surface area contributed by atoms with Gasteiger partial charge in [0.05, 0.1) is 5.02 Å². The lowest BCUT2D eigenvalue weighted by Crippen LogP contribution is -2.22. The van der Waals surface area contributed by atoms with Crippen molar-refractivity contribution in [1.29, 1.82) is 0 Å². The summed E-state index contributed by atoms with van der Waals surface area (Å²) in [5, 5.41) is 13.3. The van der Waals surface area contributed by atoms with Gasteiger partial charge in [-0.2, -0.15) is 0 Å². The summed E-state index contributed by atoms with van der Waals surface area (Å²) in [5.41, 5.74) is 0.893. The summed E-state index contributed by atoms with van der Waals surface area (Å²) in [4.78, 5) is 12.3. The molecule has 108 valence electrons. The van der Waals surface area contributed by atoms with Gasteiger partial charge in [-0.15, -0.1) is 11.3 Å². The zero-order valence-corrected chi connectivity index (χ0v) is 12.4. The second-order valence-corrected chi connectivity index (χ2v) is 5.37. The predicted molar refractivity (Wildman–Crippen MR) is 80.9 cm³/mol. The Balaban J connectivity index is 2.09. The Labute approximate surface area is 130 Å². The van der Waals surface area contributed by atoms with E-state index in [1.165, 1.54) is 29.5 Å². The fourth-order valence-electron chi connectivity index (χ4n) is 1.64. The minimum absolute atomic E-state index is 0.0353. The smallest absolute Gasteiger partial charge is 0.263 e. The Morgan fingerprint density at radius 2 is 2.24 bits per heavy atom. The van der Waals surface area contributed by atoms with Crippen LogP contribution in [-0.2, 0) is 6.54 Å². The van der Waals surface area contributed by atoms with E-state index in [0.29, 0.717) is 21.0 Å². The van der Waals surface area contributed by atoms with Crippen LogP contribution in [0, 0.1) is 17.7 Å². The monoisotopic (exact) mass is 323 g/mol. The summed E-state index contributed by atoms with van der Waals surface area (Å²) < 4.78 is 13.7. The summed E-state index contributed by atoms with van der Waals surface area (Å²) in [7, 11) is 0. The Bertz CT molecular complexity index is 718. The van der Waals surface area contributed by atoms with Crippen LogP contribution in [0.25, 0.3) is 0 Å². The van der Waals surface area contributed by atoms with Gasteiger partial charge < -0.3 is 10.4 Å². The average molecular weight is 324 g/mol. The van der Waals surface area contributed by atoms with Crippen LogP contribution < -0.4 is 5.32 Å². The zero-order chi connectivity index (χ0) is 15.2. The van der Waals surface area contributed by atoms with Crippen molar-refractivity contribution < 1.29 is 14.3 Å². The highest BCUT2D eigenvalue weighted by Crippen LogP contribution is 2.21. The zero-order valence-electron chi connectivity index (χ0n) is 10.8. The molecule has 1 amide bonds. The molecule has 0 spiro atoms. The number of halogens is 2. The Morgan fingerprint density at radius 3 is 2.90 bits per heavy atom. The second-order valence-electron chi connectivity index (χ2n) is 4.05. The molecule has 6 heteroatoms. The number of rotatable bonds is 3. The third-order valence-electron chi connectivity index (χ3n) is 2.62. The van der Waals surface area contributed by atoms with Crippen LogP contribution in [0.3, 0.4) is 0 Å². The topological polar surface area (TPSA) is 49.3 Å². The largest absolute Gasteiger partial charge is 0.384 e. The van der Waals surface area contributed by atoms with E-state index in [0.717, 1.165) is 0 Å². The van der Waals surface area contributed by atoms with Crippen LogP contribution >= 0.6 is 22.9 Å². The van der Waals surface area contributed by atoms with E-state index in [9.17, 15) is 9.18 Å². The molecule has 3 nitrogen and oxygen atoms in total. The van der Waals surface area contributed by atoms with Gasteiger partial charge >= 0.3 is 0 Å². The van der Waals surface area contributed by atoms with Crippen LogP contribution in [0.15, 0.2) is 29.6 Å². The molecule has 0 aliphatic heterocycles. The van der Waals surface area contributed by atoms with Crippen molar-refractivity contribution in [2.24, 2.45) is 0 Å². The maximum Gasteiger partial charge on any atom is 0.263 e. The number of amides is 1. The highest BCUT2D eigenvalue weighted by Gasteiger charge is 2.12. The van der Waals surface area contributed by atoms with Crippen LogP contribution in [0.1, 0.15) is 20.8 Å². The van der Waals surface area contributed by atoms with E-state index in [2.05, 4.69) is 17.2 Å². The molecule has 2 N–H and O–H groups in total. The molecule has 0 saturated heterocycles. The number of hydrogen-bond donors (Lipinski definition) is 2. The van der Waals surface area contributed by atoms with Crippen molar-refractivity contribution in [1.82, 2.24) is 5.32 Å². The lowest BCUT2D eigenvalue weighted by Gasteiger charge is -2.06. The van der Waals surface area contributed by atoms with E-state index in [1.54, 1.807) is 11.4 Å². The van der Waals surface area contributed by atoms with Gasteiger partial charge in [0.1, 0.15) is 17.3 Å². The summed E-state index contributed by atoms with van der Waals surface area (Å²) in [6.45, 7) is -0.228. The molecule has 2 aromatic rings. The van der Waals surface area contributed by atoms with Gasteiger partial charge in [0.25, 0.3) is 5.91 Å². The van der Waals surface area contributed by atoms with Gasteiger partial charge in [-0.3, -0.25) is 4.79 Å². The van der Waals surface area contributed by atoms with Crippen molar-refractivity contribution in [3.05, 3.63) is 56.5 Å². The van der Waals surface area contributed by atoms with Crippen molar-refractivity contribution in [3.8, 4) is 11.8 Å². The molecule has 2 rings (SSSR count). The number of aliphatic hydroxyl groups is 1. The molecule has 21 heavy (non-hydrogen) atoms. The maximum atomic E-state index is 13.7. The van der Waals surface area contributed by atoms with Crippen LogP contribution in [0.5, 0.6) is 0 Å². The van der Waals surface area contributed by atoms with Crippen LogP contribution in [0.2, 0.25) is 5.02 Å². The van der Waals surface area contributed by atoms with E-state index < -0.39 is 5.82 Å². The number of carbonyl (C=O) groups excluding carboxylic acids is 1. The summed E-state index contributed by atoms with van der Waals surface area (Å²) in [6.07, 6.45) is 0. The number of nitrogens with one attached hydrogen (secondary N) is 1. The first-order valence-corrected chi connectivity index (χ1v) is 7.27. The van der Waals surface area contributed by atoms with E-state index >= 15 is 0 Å². The number of benzene rings is 1. The Hall–Kier alpha value is -1.87. The highest BCUT2D eigenvalue weighted by molar-refractivity contribution is 7.12. The first kappa shape index (κ1) is 15.5. The van der Waals surface area contributed by atoms with Gasteiger partial charge in [-0.05, 0) is 29.6 Å². The van der Waals surface area contributed by atoms with Crippen molar-refractivity contribution >= 4 is 28.8 Å². The molecule has 0 fully saturated rings. The normalized spacial score (nSPS) is 9.86. The SMILES string of the molecule is O=C(NCc1cc(C#CCO)ccc1F)c1sccc1Cl. The molecule has 1 aromatic heterocycles. The summed E-state index contributed by atoms with van der Waals surface area (Å²) in [6, 6.07) is 5.96. The molecular formula is C15H11ClFNO2S. The molecule has 0 aliphatic carbocycles. The number of aliphatic hydroxyl groups excluding tert-OH is 1. The van der Waals surface area contributed by atoms with Gasteiger partial charge in [0.2, 0.25) is 0 Å². The molecule has 0 unspecified atom stereocenters. The molecular weight excluding hydrogens is 313 g/mol. The molecule has 0 saturated carbocycles. The van der Waals surface area contributed by atoms with Crippen molar-refractivity contribution in [2.45, 2.75) is 6.54 Å². The Morgan fingerprint density at radius 1 is 1.43 bits per heavy atom. The summed E-state index contributed by atoms with van der Waals surface area (Å²) >= 11 is 7.09. The van der Waals surface area contributed by atoms with E-state index in [1.807, 2.05) is 0 Å². The summed E-state index contributed by atoms with van der Waals surface area (Å²) in [5.74, 6) is 4.40. The number of thiophene rings is 1. The lowest BCUT2D eigenvalue weighted by molar-refractivity contribution is 0.0955. The number of hydrogen-bond acceptors (Lipinski definition) is 3.